The van der Waals surface area contributed by atoms with E-state index in [0.717, 1.165) is 25.3 Å². The molecule has 2 atom stereocenters. The van der Waals surface area contributed by atoms with Gasteiger partial charge in [0.2, 0.25) is 0 Å². The molecule has 1 aliphatic rings. The van der Waals surface area contributed by atoms with E-state index < -0.39 is 0 Å². The summed E-state index contributed by atoms with van der Waals surface area (Å²) < 4.78 is 0. The minimum absolute atomic E-state index is 0.139. The van der Waals surface area contributed by atoms with Gasteiger partial charge in [-0.2, -0.15) is 0 Å². The molecule has 1 saturated heterocycles. The zero-order valence-electron chi connectivity index (χ0n) is 7.75. The Labute approximate surface area is 79.1 Å². The Morgan fingerprint density at radius 1 is 1.67 bits per heavy atom. The van der Waals surface area contributed by atoms with Crippen LogP contribution < -0.4 is 5.32 Å². The van der Waals surface area contributed by atoms with E-state index >= 15 is 0 Å². The molecule has 1 rings (SSSR count). The van der Waals surface area contributed by atoms with Crippen LogP contribution in [-0.4, -0.2) is 29.4 Å². The van der Waals surface area contributed by atoms with Crippen LogP contribution in [0.25, 0.3) is 0 Å². The van der Waals surface area contributed by atoms with E-state index in [4.69, 9.17) is 0 Å². The van der Waals surface area contributed by atoms with Gasteiger partial charge in [0, 0.05) is 0 Å². The van der Waals surface area contributed by atoms with Crippen LogP contribution in [0.15, 0.2) is 0 Å². The number of piperidine rings is 1. The van der Waals surface area contributed by atoms with Crippen LogP contribution >= 0.6 is 11.8 Å². The van der Waals surface area contributed by atoms with E-state index in [1.165, 1.54) is 12.8 Å². The Morgan fingerprint density at radius 3 is 3.08 bits per heavy atom. The Morgan fingerprint density at radius 2 is 2.50 bits per heavy atom. The minimum Gasteiger partial charge on any atom is -0.382 e. The third kappa shape index (κ3) is 3.78. The molecule has 0 amide bonds. The summed E-state index contributed by atoms with van der Waals surface area (Å²) >= 11 is 1.65. The molecule has 2 unspecified atom stereocenters. The Kier molecular flexibility index (Phi) is 5.04. The van der Waals surface area contributed by atoms with Crippen molar-refractivity contribution in [3.05, 3.63) is 0 Å². The number of hydrogen-bond acceptors (Lipinski definition) is 3. The first-order valence-electron chi connectivity index (χ1n) is 4.83. The van der Waals surface area contributed by atoms with E-state index in [1.54, 1.807) is 11.8 Å². The normalized spacial score (nSPS) is 27.0. The molecular weight excluding hydrogens is 170 g/mol. The molecule has 1 heterocycles. The lowest BCUT2D eigenvalue weighted by molar-refractivity contribution is 0.208. The molecule has 0 aromatic rings. The molecule has 1 fully saturated rings. The molecule has 0 radical (unpaired) electrons. The summed E-state index contributed by atoms with van der Waals surface area (Å²) in [4.78, 5) is 0. The molecule has 0 saturated carbocycles. The zero-order chi connectivity index (χ0) is 8.81. The van der Waals surface area contributed by atoms with Gasteiger partial charge < -0.3 is 10.4 Å². The Hall–Kier alpha value is 0.270. The molecular formula is C9H19NOS. The van der Waals surface area contributed by atoms with Crippen molar-refractivity contribution in [2.75, 3.05) is 18.8 Å². The largest absolute Gasteiger partial charge is 0.382 e. The second-order valence-electron chi connectivity index (χ2n) is 3.36. The molecule has 12 heavy (non-hydrogen) atoms. The summed E-state index contributed by atoms with van der Waals surface area (Å²) in [6, 6.07) is 0. The van der Waals surface area contributed by atoms with E-state index in [9.17, 15) is 5.11 Å². The Balaban J connectivity index is 2.11. The lowest BCUT2D eigenvalue weighted by Gasteiger charge is -2.24. The van der Waals surface area contributed by atoms with Gasteiger partial charge in [-0.1, -0.05) is 6.92 Å². The summed E-state index contributed by atoms with van der Waals surface area (Å²) in [7, 11) is 0. The summed E-state index contributed by atoms with van der Waals surface area (Å²) in [6.45, 7) is 4.35. The summed E-state index contributed by atoms with van der Waals surface area (Å²) in [5, 5.41) is 12.9. The van der Waals surface area contributed by atoms with Crippen LogP contribution in [0.4, 0.5) is 0 Å². The highest BCUT2D eigenvalue weighted by Crippen LogP contribution is 2.21. The molecule has 1 aliphatic heterocycles. The molecule has 72 valence electrons. The van der Waals surface area contributed by atoms with Crippen LogP contribution in [0.1, 0.15) is 26.2 Å². The van der Waals surface area contributed by atoms with Crippen LogP contribution in [0.3, 0.4) is 0 Å². The number of aliphatic hydroxyl groups excluding tert-OH is 1. The molecule has 3 heteroatoms. The molecule has 0 spiro atoms. The minimum atomic E-state index is -0.139. The first-order chi connectivity index (χ1) is 5.83. The van der Waals surface area contributed by atoms with Crippen LogP contribution in [0.2, 0.25) is 0 Å². The average molecular weight is 189 g/mol. The topological polar surface area (TPSA) is 32.3 Å². The van der Waals surface area contributed by atoms with Gasteiger partial charge in [-0.3, -0.25) is 0 Å². The first kappa shape index (κ1) is 10.4. The van der Waals surface area contributed by atoms with Crippen molar-refractivity contribution in [1.29, 1.82) is 0 Å². The fourth-order valence-corrected chi connectivity index (χ4v) is 2.46. The van der Waals surface area contributed by atoms with Gasteiger partial charge in [0.1, 0.15) is 0 Å². The van der Waals surface area contributed by atoms with Crippen molar-refractivity contribution in [2.24, 2.45) is 5.92 Å². The van der Waals surface area contributed by atoms with Crippen molar-refractivity contribution in [1.82, 2.24) is 5.32 Å². The highest BCUT2D eigenvalue weighted by molar-refractivity contribution is 7.99. The first-order valence-corrected chi connectivity index (χ1v) is 5.88. The molecule has 0 bridgehead atoms. The van der Waals surface area contributed by atoms with E-state index in [2.05, 4.69) is 12.2 Å². The predicted molar refractivity (Wildman–Crippen MR) is 54.3 cm³/mol. The lowest BCUT2D eigenvalue weighted by atomic mass is 9.97. The maximum absolute atomic E-state index is 9.54. The number of rotatable bonds is 4. The van der Waals surface area contributed by atoms with Gasteiger partial charge in [0.05, 0.1) is 5.44 Å². The van der Waals surface area contributed by atoms with Gasteiger partial charge in [-0.15, -0.1) is 11.8 Å². The van der Waals surface area contributed by atoms with Gasteiger partial charge in [-0.25, -0.2) is 0 Å². The number of thioether (sulfide) groups is 1. The molecule has 0 aliphatic carbocycles. The molecule has 2 nitrogen and oxygen atoms in total. The van der Waals surface area contributed by atoms with Gasteiger partial charge in [0.25, 0.3) is 0 Å². The molecule has 0 aromatic carbocycles. The van der Waals surface area contributed by atoms with Gasteiger partial charge >= 0.3 is 0 Å². The van der Waals surface area contributed by atoms with Crippen molar-refractivity contribution >= 4 is 11.8 Å². The average Bonchev–Trinajstić information content (AvgIpc) is 2.06. The third-order valence-electron chi connectivity index (χ3n) is 2.29. The predicted octanol–water partition coefficient (Wildman–Crippen LogP) is 1.45. The van der Waals surface area contributed by atoms with Crippen molar-refractivity contribution < 1.29 is 5.11 Å². The number of nitrogens with one attached hydrogen (secondary N) is 1. The van der Waals surface area contributed by atoms with Gasteiger partial charge in [-0.05, 0) is 44.0 Å². The zero-order valence-corrected chi connectivity index (χ0v) is 8.57. The SMILES string of the molecule is CCSC(O)CC1CCCNC1. The van der Waals surface area contributed by atoms with E-state index in [0.29, 0.717) is 5.92 Å². The maximum atomic E-state index is 9.54. The fraction of sp³-hybridized carbons (Fsp3) is 1.00. The van der Waals surface area contributed by atoms with E-state index in [1.807, 2.05) is 0 Å². The van der Waals surface area contributed by atoms with Crippen LogP contribution in [0, 0.1) is 5.92 Å². The van der Waals surface area contributed by atoms with Crippen LogP contribution in [-0.2, 0) is 0 Å². The van der Waals surface area contributed by atoms with E-state index in [-0.39, 0.29) is 5.44 Å². The summed E-state index contributed by atoms with van der Waals surface area (Å²) in [5.74, 6) is 1.72. The third-order valence-corrected chi connectivity index (χ3v) is 3.20. The monoisotopic (exact) mass is 189 g/mol. The lowest BCUT2D eigenvalue weighted by Crippen LogP contribution is -2.31. The van der Waals surface area contributed by atoms with Crippen molar-refractivity contribution in [3.8, 4) is 0 Å². The summed E-state index contributed by atoms with van der Waals surface area (Å²) in [5.41, 5.74) is -0.139. The Bertz CT molecular complexity index is 115. The number of hydrogen-bond donors (Lipinski definition) is 2. The number of aliphatic hydroxyl groups is 1. The molecule has 2 N–H and O–H groups in total. The highest BCUT2D eigenvalue weighted by Gasteiger charge is 2.16. The molecule has 0 aromatic heterocycles. The fourth-order valence-electron chi connectivity index (χ4n) is 1.67. The smallest absolute Gasteiger partial charge is 0.0995 e. The second kappa shape index (κ2) is 5.84. The second-order valence-corrected chi connectivity index (χ2v) is 4.81. The van der Waals surface area contributed by atoms with Crippen molar-refractivity contribution in [3.63, 3.8) is 0 Å². The summed E-state index contributed by atoms with van der Waals surface area (Å²) in [6.07, 6.45) is 3.52. The standard InChI is InChI=1S/C9H19NOS/c1-2-12-9(11)6-8-4-3-5-10-7-8/h8-11H,2-7H2,1H3. The van der Waals surface area contributed by atoms with Crippen LogP contribution in [0.5, 0.6) is 0 Å². The quantitative estimate of drug-likeness (QED) is 0.657. The highest BCUT2D eigenvalue weighted by atomic mass is 32.2. The maximum Gasteiger partial charge on any atom is 0.0995 e. The van der Waals surface area contributed by atoms with Gasteiger partial charge in [0.15, 0.2) is 0 Å². The van der Waals surface area contributed by atoms with Crippen molar-refractivity contribution in [2.45, 2.75) is 31.6 Å².